The van der Waals surface area contributed by atoms with Crippen molar-refractivity contribution in [1.82, 2.24) is 0 Å². The summed E-state index contributed by atoms with van der Waals surface area (Å²) in [5.41, 5.74) is 0. The zero-order chi connectivity index (χ0) is 9.59. The van der Waals surface area contributed by atoms with Gasteiger partial charge in [-0.25, -0.2) is 4.79 Å². The van der Waals surface area contributed by atoms with Gasteiger partial charge in [0, 0.05) is 7.11 Å². The summed E-state index contributed by atoms with van der Waals surface area (Å²) in [5.74, 6) is -0.761. The molecule has 2 saturated heterocycles. The van der Waals surface area contributed by atoms with Gasteiger partial charge in [-0.2, -0.15) is 0 Å². The number of hydrogen-bond acceptors (Lipinski definition) is 6. The van der Waals surface area contributed by atoms with E-state index in [4.69, 9.17) is 14.2 Å². The Labute approximate surface area is 74.0 Å². The fourth-order valence-electron chi connectivity index (χ4n) is 1.59. The van der Waals surface area contributed by atoms with Crippen LogP contribution in [0, 0.1) is 0 Å². The number of hydrogen-bond donors (Lipinski definition) is 2. The first-order chi connectivity index (χ1) is 6.15. The van der Waals surface area contributed by atoms with E-state index in [1.165, 1.54) is 7.11 Å². The van der Waals surface area contributed by atoms with Crippen molar-refractivity contribution >= 4 is 5.97 Å². The summed E-state index contributed by atoms with van der Waals surface area (Å²) in [5, 5.41) is 18.7. The normalized spacial score (nSPS) is 49.2. The summed E-state index contributed by atoms with van der Waals surface area (Å²) in [7, 11) is 1.36. The Kier molecular flexibility index (Phi) is 1.99. The molecule has 6 nitrogen and oxygen atoms in total. The maximum Gasteiger partial charge on any atom is 0.338 e. The van der Waals surface area contributed by atoms with Crippen LogP contribution in [0.3, 0.4) is 0 Å². The van der Waals surface area contributed by atoms with Gasteiger partial charge in [0.25, 0.3) is 0 Å². The largest absolute Gasteiger partial charge is 0.454 e. The van der Waals surface area contributed by atoms with E-state index in [9.17, 15) is 15.0 Å². The molecule has 2 aliphatic rings. The maximum absolute atomic E-state index is 10.8. The van der Waals surface area contributed by atoms with Crippen LogP contribution < -0.4 is 0 Å². The molecule has 13 heavy (non-hydrogen) atoms. The number of fused-ring (bicyclic) bond motifs is 1. The van der Waals surface area contributed by atoms with E-state index in [2.05, 4.69) is 0 Å². The lowest BCUT2D eigenvalue weighted by Crippen LogP contribution is -2.32. The average Bonchev–Trinajstić information content (AvgIpc) is 2.56. The Bertz CT molecular complexity index is 229. The molecule has 0 aromatic rings. The van der Waals surface area contributed by atoms with Crippen molar-refractivity contribution in [2.45, 2.75) is 30.7 Å². The van der Waals surface area contributed by atoms with Gasteiger partial charge in [0.15, 0.2) is 18.5 Å². The minimum Gasteiger partial charge on any atom is -0.454 e. The molecule has 2 N–H and O–H groups in total. The third-order valence-corrected chi connectivity index (χ3v) is 2.27. The molecule has 0 radical (unpaired) electrons. The van der Waals surface area contributed by atoms with Gasteiger partial charge in [0.2, 0.25) is 0 Å². The number of aliphatic hydroxyl groups excluding tert-OH is 2. The van der Waals surface area contributed by atoms with Gasteiger partial charge in [-0.1, -0.05) is 0 Å². The SMILES string of the molecule is COC1O[C@H]2C(O)C(=O)O[C@H]2C1O. The summed E-state index contributed by atoms with van der Waals surface area (Å²) in [4.78, 5) is 10.8. The second-order valence-corrected chi connectivity index (χ2v) is 3.04. The van der Waals surface area contributed by atoms with Crippen LogP contribution in [-0.4, -0.2) is 54.0 Å². The highest BCUT2D eigenvalue weighted by Gasteiger charge is 2.56. The van der Waals surface area contributed by atoms with Crippen molar-refractivity contribution in [2.24, 2.45) is 0 Å². The van der Waals surface area contributed by atoms with Crippen molar-refractivity contribution in [3.8, 4) is 0 Å². The molecule has 0 aliphatic carbocycles. The highest BCUT2D eigenvalue weighted by atomic mass is 16.7. The van der Waals surface area contributed by atoms with Crippen molar-refractivity contribution in [1.29, 1.82) is 0 Å². The van der Waals surface area contributed by atoms with Crippen LogP contribution in [0.4, 0.5) is 0 Å². The van der Waals surface area contributed by atoms with Crippen LogP contribution in [0.5, 0.6) is 0 Å². The average molecular weight is 190 g/mol. The molecule has 5 atom stereocenters. The van der Waals surface area contributed by atoms with E-state index in [-0.39, 0.29) is 0 Å². The van der Waals surface area contributed by atoms with Crippen molar-refractivity contribution in [2.75, 3.05) is 7.11 Å². The first-order valence-electron chi connectivity index (χ1n) is 3.90. The van der Waals surface area contributed by atoms with Crippen LogP contribution in [-0.2, 0) is 19.0 Å². The van der Waals surface area contributed by atoms with Crippen LogP contribution in [0.1, 0.15) is 0 Å². The van der Waals surface area contributed by atoms with E-state index in [1.54, 1.807) is 0 Å². The molecule has 3 unspecified atom stereocenters. The van der Waals surface area contributed by atoms with Crippen LogP contribution >= 0.6 is 0 Å². The number of rotatable bonds is 1. The highest BCUT2D eigenvalue weighted by Crippen LogP contribution is 2.31. The number of ether oxygens (including phenoxy) is 3. The number of methoxy groups -OCH3 is 1. The second kappa shape index (κ2) is 2.91. The van der Waals surface area contributed by atoms with Gasteiger partial charge in [-0.15, -0.1) is 0 Å². The highest BCUT2D eigenvalue weighted by molar-refractivity contribution is 5.78. The molecule has 0 bridgehead atoms. The molecule has 0 spiro atoms. The zero-order valence-electron chi connectivity index (χ0n) is 6.91. The van der Waals surface area contributed by atoms with E-state index < -0.39 is 36.7 Å². The van der Waals surface area contributed by atoms with Crippen molar-refractivity contribution < 1.29 is 29.2 Å². The maximum atomic E-state index is 10.8. The van der Waals surface area contributed by atoms with Crippen LogP contribution in [0.2, 0.25) is 0 Å². The number of carbonyl (C=O) groups is 1. The summed E-state index contributed by atoms with van der Waals surface area (Å²) in [6, 6.07) is 0. The molecular weight excluding hydrogens is 180 g/mol. The topological polar surface area (TPSA) is 85.2 Å². The molecule has 2 heterocycles. The van der Waals surface area contributed by atoms with E-state index in [1.807, 2.05) is 0 Å². The fraction of sp³-hybridized carbons (Fsp3) is 0.857. The predicted molar refractivity (Wildman–Crippen MR) is 37.6 cm³/mol. The smallest absolute Gasteiger partial charge is 0.338 e. The van der Waals surface area contributed by atoms with Crippen LogP contribution in [0.15, 0.2) is 0 Å². The molecule has 0 aromatic heterocycles. The Balaban J connectivity index is 2.14. The Morgan fingerprint density at radius 2 is 2.08 bits per heavy atom. The van der Waals surface area contributed by atoms with Gasteiger partial charge < -0.3 is 24.4 Å². The Morgan fingerprint density at radius 3 is 2.62 bits per heavy atom. The van der Waals surface area contributed by atoms with Gasteiger partial charge in [-0.05, 0) is 0 Å². The molecule has 2 aliphatic heterocycles. The summed E-state index contributed by atoms with van der Waals surface area (Å²) in [6.45, 7) is 0. The second-order valence-electron chi connectivity index (χ2n) is 3.04. The van der Waals surface area contributed by atoms with E-state index in [0.717, 1.165) is 0 Å². The number of aliphatic hydroxyl groups is 2. The van der Waals surface area contributed by atoms with Crippen LogP contribution in [0.25, 0.3) is 0 Å². The summed E-state index contributed by atoms with van der Waals surface area (Å²) in [6.07, 6.45) is -4.81. The fourth-order valence-corrected chi connectivity index (χ4v) is 1.59. The lowest BCUT2D eigenvalue weighted by atomic mass is 10.1. The zero-order valence-corrected chi connectivity index (χ0v) is 6.91. The lowest BCUT2D eigenvalue weighted by molar-refractivity contribution is -0.177. The Hall–Kier alpha value is -0.690. The minimum absolute atomic E-state index is 0.761. The summed E-state index contributed by atoms with van der Waals surface area (Å²) >= 11 is 0. The molecule has 74 valence electrons. The van der Waals surface area contributed by atoms with Gasteiger partial charge in [0.05, 0.1) is 0 Å². The van der Waals surface area contributed by atoms with Gasteiger partial charge >= 0.3 is 5.97 Å². The molecule has 0 amide bonds. The van der Waals surface area contributed by atoms with Crippen molar-refractivity contribution in [3.05, 3.63) is 0 Å². The third-order valence-electron chi connectivity index (χ3n) is 2.27. The monoisotopic (exact) mass is 190 g/mol. The standard InChI is InChI=1S/C7H10O6/c1-11-7-3(9)5-4(13-7)2(8)6(10)12-5/h2-5,7-9H,1H3/t2?,3?,4-,5-,7?/m0/s1. The molecule has 2 fully saturated rings. The molecule has 0 aromatic carbocycles. The lowest BCUT2D eigenvalue weighted by Gasteiger charge is -2.14. The summed E-state index contributed by atoms with van der Waals surface area (Å²) < 4.78 is 14.5. The minimum atomic E-state index is -1.32. The molecule has 0 saturated carbocycles. The molecule has 6 heteroatoms. The Morgan fingerprint density at radius 1 is 1.38 bits per heavy atom. The number of carbonyl (C=O) groups excluding carboxylic acids is 1. The quantitative estimate of drug-likeness (QED) is 0.465. The van der Waals surface area contributed by atoms with Gasteiger partial charge in [0.1, 0.15) is 12.2 Å². The van der Waals surface area contributed by atoms with E-state index in [0.29, 0.717) is 0 Å². The predicted octanol–water partition coefficient (Wildman–Crippen LogP) is -2.00. The molecule has 2 rings (SSSR count). The van der Waals surface area contributed by atoms with Crippen molar-refractivity contribution in [3.63, 3.8) is 0 Å². The van der Waals surface area contributed by atoms with Gasteiger partial charge in [-0.3, -0.25) is 0 Å². The first kappa shape index (κ1) is 8.89. The van der Waals surface area contributed by atoms with E-state index >= 15 is 0 Å². The molecular formula is C7H10O6. The third kappa shape index (κ3) is 1.14. The number of esters is 1. The first-order valence-corrected chi connectivity index (χ1v) is 3.90.